The number of hydrogen-bond donors (Lipinski definition) is 0. The summed E-state index contributed by atoms with van der Waals surface area (Å²) < 4.78 is 0. The van der Waals surface area contributed by atoms with Crippen LogP contribution in [0.5, 0.6) is 0 Å². The summed E-state index contributed by atoms with van der Waals surface area (Å²) >= 11 is 0. The minimum atomic E-state index is 0.815. The highest BCUT2D eigenvalue weighted by molar-refractivity contribution is 5.03. The van der Waals surface area contributed by atoms with Crippen molar-refractivity contribution in [2.45, 2.75) is 59.8 Å². The van der Waals surface area contributed by atoms with Crippen molar-refractivity contribution in [3.8, 4) is 0 Å². The third-order valence-electron chi connectivity index (χ3n) is 2.53. The largest absolute Gasteiger partial charge is 0.0882 e. The zero-order valence-electron chi connectivity index (χ0n) is 9.19. The summed E-state index contributed by atoms with van der Waals surface area (Å²) in [7, 11) is 0. The molecule has 0 rings (SSSR count). The lowest BCUT2D eigenvalue weighted by Gasteiger charge is -2.14. The Morgan fingerprint density at radius 1 is 1.25 bits per heavy atom. The van der Waals surface area contributed by atoms with Crippen LogP contribution in [-0.4, -0.2) is 0 Å². The Labute approximate surface area is 78.1 Å². The van der Waals surface area contributed by atoms with Gasteiger partial charge in [0.2, 0.25) is 0 Å². The summed E-state index contributed by atoms with van der Waals surface area (Å²) in [5.41, 5.74) is 1.66. The molecule has 0 spiro atoms. The Hall–Kier alpha value is -0.260. The molecular weight excluding hydrogens is 144 g/mol. The highest BCUT2D eigenvalue weighted by Gasteiger charge is 2.05. The van der Waals surface area contributed by atoms with E-state index >= 15 is 0 Å². The van der Waals surface area contributed by atoms with E-state index in [1.54, 1.807) is 5.57 Å². The Morgan fingerprint density at radius 3 is 2.33 bits per heavy atom. The second kappa shape index (κ2) is 7.39. The van der Waals surface area contributed by atoms with Gasteiger partial charge in [0.25, 0.3) is 0 Å². The van der Waals surface area contributed by atoms with Gasteiger partial charge in [-0.05, 0) is 25.7 Å². The van der Waals surface area contributed by atoms with Gasteiger partial charge in [-0.2, -0.15) is 0 Å². The minimum Gasteiger partial charge on any atom is -0.0882 e. The number of allylic oxidation sites excluding steroid dienone is 2. The lowest BCUT2D eigenvalue weighted by Crippen LogP contribution is -1.99. The zero-order chi connectivity index (χ0) is 9.40. The first kappa shape index (κ1) is 11.7. The molecule has 0 aliphatic rings. The maximum Gasteiger partial charge on any atom is -0.0232 e. The van der Waals surface area contributed by atoms with Crippen LogP contribution >= 0.6 is 0 Å². The first-order chi connectivity index (χ1) is 5.76. The van der Waals surface area contributed by atoms with Gasteiger partial charge in [0, 0.05) is 0 Å². The molecule has 12 heavy (non-hydrogen) atoms. The van der Waals surface area contributed by atoms with Crippen molar-refractivity contribution in [2.75, 3.05) is 0 Å². The topological polar surface area (TPSA) is 0 Å². The summed E-state index contributed by atoms with van der Waals surface area (Å²) in [6.07, 6.45) is 8.97. The van der Waals surface area contributed by atoms with Crippen molar-refractivity contribution in [3.05, 3.63) is 11.6 Å². The third kappa shape index (κ3) is 4.58. The van der Waals surface area contributed by atoms with Crippen LogP contribution in [0.3, 0.4) is 0 Å². The first-order valence-corrected chi connectivity index (χ1v) is 5.41. The molecule has 0 radical (unpaired) electrons. The second-order valence-electron chi connectivity index (χ2n) is 3.66. The number of rotatable bonds is 6. The van der Waals surface area contributed by atoms with Crippen molar-refractivity contribution in [1.29, 1.82) is 0 Å². The van der Waals surface area contributed by atoms with E-state index < -0.39 is 0 Å². The average Bonchev–Trinajstić information content (AvgIpc) is 2.10. The Bertz CT molecular complexity index is 122. The lowest BCUT2D eigenvalue weighted by atomic mass is 9.92. The fourth-order valence-electron chi connectivity index (χ4n) is 1.66. The van der Waals surface area contributed by atoms with Gasteiger partial charge in [-0.1, -0.05) is 51.7 Å². The Kier molecular flexibility index (Phi) is 7.23. The molecule has 72 valence electrons. The van der Waals surface area contributed by atoms with Gasteiger partial charge in [-0.3, -0.25) is 0 Å². The standard InChI is InChI=1S/C12H24/c1-5-8-10-11(4)12(7-3)9-6-2/h7,11H,5-6,8-10H2,1-4H3. The highest BCUT2D eigenvalue weighted by atomic mass is 14.1. The molecule has 1 unspecified atom stereocenters. The molecule has 0 bridgehead atoms. The van der Waals surface area contributed by atoms with Crippen LogP contribution in [0.4, 0.5) is 0 Å². The van der Waals surface area contributed by atoms with E-state index in [1.807, 2.05) is 0 Å². The van der Waals surface area contributed by atoms with Gasteiger partial charge >= 0.3 is 0 Å². The maximum absolute atomic E-state index is 2.36. The van der Waals surface area contributed by atoms with E-state index in [0.717, 1.165) is 5.92 Å². The maximum atomic E-state index is 2.36. The summed E-state index contributed by atoms with van der Waals surface area (Å²) in [6, 6.07) is 0. The first-order valence-electron chi connectivity index (χ1n) is 5.41. The predicted octanol–water partition coefficient (Wildman–Crippen LogP) is 4.56. The average molecular weight is 168 g/mol. The lowest BCUT2D eigenvalue weighted by molar-refractivity contribution is 0.551. The van der Waals surface area contributed by atoms with Crippen molar-refractivity contribution in [2.24, 2.45) is 5.92 Å². The van der Waals surface area contributed by atoms with Crippen molar-refractivity contribution >= 4 is 0 Å². The van der Waals surface area contributed by atoms with Crippen molar-refractivity contribution in [1.82, 2.24) is 0 Å². The molecule has 0 N–H and O–H groups in total. The number of unbranched alkanes of at least 4 members (excludes halogenated alkanes) is 1. The van der Waals surface area contributed by atoms with Crippen LogP contribution in [0.2, 0.25) is 0 Å². The Balaban J connectivity index is 3.78. The van der Waals surface area contributed by atoms with Gasteiger partial charge < -0.3 is 0 Å². The Morgan fingerprint density at radius 2 is 1.92 bits per heavy atom. The van der Waals surface area contributed by atoms with Gasteiger partial charge in [0.1, 0.15) is 0 Å². The molecule has 1 atom stereocenters. The van der Waals surface area contributed by atoms with Crippen molar-refractivity contribution in [3.63, 3.8) is 0 Å². The van der Waals surface area contributed by atoms with Crippen molar-refractivity contribution < 1.29 is 0 Å². The summed E-state index contributed by atoms with van der Waals surface area (Å²) in [5, 5.41) is 0. The van der Waals surface area contributed by atoms with E-state index in [9.17, 15) is 0 Å². The van der Waals surface area contributed by atoms with Gasteiger partial charge in [-0.25, -0.2) is 0 Å². The van der Waals surface area contributed by atoms with Crippen LogP contribution in [0.15, 0.2) is 11.6 Å². The van der Waals surface area contributed by atoms with Crippen LogP contribution < -0.4 is 0 Å². The van der Waals surface area contributed by atoms with Gasteiger partial charge in [0.05, 0.1) is 0 Å². The van der Waals surface area contributed by atoms with E-state index in [4.69, 9.17) is 0 Å². The molecular formula is C12H24. The van der Waals surface area contributed by atoms with Gasteiger partial charge in [-0.15, -0.1) is 0 Å². The van der Waals surface area contributed by atoms with Gasteiger partial charge in [0.15, 0.2) is 0 Å². The zero-order valence-corrected chi connectivity index (χ0v) is 9.19. The second-order valence-corrected chi connectivity index (χ2v) is 3.66. The van der Waals surface area contributed by atoms with Crippen LogP contribution in [0.25, 0.3) is 0 Å². The summed E-state index contributed by atoms with van der Waals surface area (Å²) in [6.45, 7) is 9.06. The van der Waals surface area contributed by atoms with Crippen LogP contribution in [0, 0.1) is 5.92 Å². The molecule has 0 aromatic carbocycles. The molecule has 0 heteroatoms. The third-order valence-corrected chi connectivity index (χ3v) is 2.53. The summed E-state index contributed by atoms with van der Waals surface area (Å²) in [4.78, 5) is 0. The normalized spacial score (nSPS) is 14.8. The molecule has 0 fully saturated rings. The monoisotopic (exact) mass is 168 g/mol. The highest BCUT2D eigenvalue weighted by Crippen LogP contribution is 2.21. The van der Waals surface area contributed by atoms with E-state index in [1.165, 1.54) is 32.1 Å². The molecule has 0 heterocycles. The molecule has 0 amide bonds. The fourth-order valence-corrected chi connectivity index (χ4v) is 1.66. The molecule has 0 aliphatic heterocycles. The summed E-state index contributed by atoms with van der Waals surface area (Å²) in [5.74, 6) is 0.815. The molecule has 0 aromatic rings. The van der Waals surface area contributed by atoms with E-state index in [-0.39, 0.29) is 0 Å². The van der Waals surface area contributed by atoms with Crippen LogP contribution in [0.1, 0.15) is 59.8 Å². The van der Waals surface area contributed by atoms with E-state index in [2.05, 4.69) is 33.8 Å². The molecule has 0 aliphatic carbocycles. The fraction of sp³-hybridized carbons (Fsp3) is 0.833. The van der Waals surface area contributed by atoms with Crippen LogP contribution in [-0.2, 0) is 0 Å². The molecule has 0 aromatic heterocycles. The molecule has 0 saturated carbocycles. The number of hydrogen-bond acceptors (Lipinski definition) is 0. The molecule has 0 nitrogen and oxygen atoms in total. The predicted molar refractivity (Wildman–Crippen MR) is 57.4 cm³/mol. The molecule has 0 saturated heterocycles. The quantitative estimate of drug-likeness (QED) is 0.510. The minimum absolute atomic E-state index is 0.815. The van der Waals surface area contributed by atoms with E-state index in [0.29, 0.717) is 0 Å². The SMILES string of the molecule is CC=C(CCC)C(C)CCCC. The smallest absolute Gasteiger partial charge is 0.0232 e.